The van der Waals surface area contributed by atoms with Crippen LogP contribution in [0.4, 0.5) is 5.69 Å². The van der Waals surface area contributed by atoms with Gasteiger partial charge in [0.25, 0.3) is 10.9 Å². The predicted molar refractivity (Wildman–Crippen MR) is 114 cm³/mol. The van der Waals surface area contributed by atoms with Gasteiger partial charge < -0.3 is 9.52 Å². The van der Waals surface area contributed by atoms with Crippen LogP contribution in [0.5, 0.6) is 0 Å². The summed E-state index contributed by atoms with van der Waals surface area (Å²) in [6.07, 6.45) is 1.88. The monoisotopic (exact) mass is 443 g/mol. The number of aryl methyl sites for hydroxylation is 2. The third-order valence-electron chi connectivity index (χ3n) is 3.89. The molecule has 3 rings (SSSR count). The zero-order chi connectivity index (χ0) is 21.7. The van der Waals surface area contributed by atoms with E-state index >= 15 is 0 Å². The van der Waals surface area contributed by atoms with E-state index in [9.17, 15) is 20.0 Å². The van der Waals surface area contributed by atoms with Crippen molar-refractivity contribution >= 4 is 41.3 Å². The molecule has 0 unspecified atom stereocenters. The summed E-state index contributed by atoms with van der Waals surface area (Å²) >= 11 is 2.07. The standard InChI is InChI=1S/C20H17N3O5S2/c1-3-18-21-22-20(28-18)30-17(19(24)25)11-13-6-9-16(15(10-13)23(26)27)29-14-7-4-12(2)5-8-14/h4-11H,3H2,1-2H3,(H,24,25)/b17-11+. The van der Waals surface area contributed by atoms with Crippen molar-refractivity contribution in [3.8, 4) is 0 Å². The van der Waals surface area contributed by atoms with Crippen LogP contribution >= 0.6 is 23.5 Å². The van der Waals surface area contributed by atoms with Gasteiger partial charge in [0.05, 0.1) is 9.82 Å². The zero-order valence-electron chi connectivity index (χ0n) is 16.1. The molecule has 8 nitrogen and oxygen atoms in total. The number of benzene rings is 2. The third-order valence-corrected chi connectivity index (χ3v) is 5.81. The summed E-state index contributed by atoms with van der Waals surface area (Å²) in [6.45, 7) is 3.80. The van der Waals surface area contributed by atoms with Crippen molar-refractivity contribution in [3.63, 3.8) is 0 Å². The fourth-order valence-corrected chi connectivity index (χ4v) is 3.98. The molecule has 0 spiro atoms. The molecule has 1 N–H and O–H groups in total. The highest BCUT2D eigenvalue weighted by Crippen LogP contribution is 2.36. The van der Waals surface area contributed by atoms with Crippen molar-refractivity contribution in [2.45, 2.75) is 35.3 Å². The van der Waals surface area contributed by atoms with E-state index in [0.29, 0.717) is 22.8 Å². The number of carboxylic acids is 1. The van der Waals surface area contributed by atoms with Gasteiger partial charge in [0.1, 0.15) is 4.91 Å². The molecule has 30 heavy (non-hydrogen) atoms. The van der Waals surface area contributed by atoms with Crippen LogP contribution in [0.1, 0.15) is 23.9 Å². The van der Waals surface area contributed by atoms with Gasteiger partial charge in [0, 0.05) is 17.4 Å². The molecule has 0 saturated heterocycles. The summed E-state index contributed by atoms with van der Waals surface area (Å²) in [5.74, 6) is -0.799. The minimum absolute atomic E-state index is 0.0884. The maximum absolute atomic E-state index is 11.6. The Morgan fingerprint density at radius 2 is 1.97 bits per heavy atom. The molecule has 10 heteroatoms. The van der Waals surface area contributed by atoms with Gasteiger partial charge in [-0.05, 0) is 48.5 Å². The average molecular weight is 444 g/mol. The van der Waals surface area contributed by atoms with E-state index in [2.05, 4.69) is 10.2 Å². The molecule has 2 aromatic carbocycles. The molecule has 0 aliphatic heterocycles. The summed E-state index contributed by atoms with van der Waals surface area (Å²) in [7, 11) is 0. The van der Waals surface area contributed by atoms with Gasteiger partial charge in [-0.3, -0.25) is 10.1 Å². The van der Waals surface area contributed by atoms with Gasteiger partial charge in [-0.2, -0.15) is 0 Å². The molecule has 0 amide bonds. The Balaban J connectivity index is 1.90. The predicted octanol–water partition coefficient (Wildman–Crippen LogP) is 5.22. The molecular formula is C20H17N3O5S2. The first-order valence-corrected chi connectivity index (χ1v) is 10.5. The van der Waals surface area contributed by atoms with Crippen LogP contribution in [-0.4, -0.2) is 26.2 Å². The SMILES string of the molecule is CCc1nnc(S/C(=C/c2ccc(Sc3ccc(C)cc3)c([N+](=O)[O-])c2)C(=O)O)o1. The molecular weight excluding hydrogens is 426 g/mol. The first-order valence-electron chi connectivity index (χ1n) is 8.84. The van der Waals surface area contributed by atoms with Crippen LogP contribution in [0, 0.1) is 17.0 Å². The minimum atomic E-state index is -1.20. The maximum atomic E-state index is 11.6. The highest BCUT2D eigenvalue weighted by molar-refractivity contribution is 8.03. The quantitative estimate of drug-likeness (QED) is 0.216. The Kier molecular flexibility index (Phi) is 6.91. The van der Waals surface area contributed by atoms with Crippen molar-refractivity contribution in [2.75, 3.05) is 0 Å². The lowest BCUT2D eigenvalue weighted by atomic mass is 10.2. The molecule has 1 heterocycles. The molecule has 0 aliphatic rings. The smallest absolute Gasteiger partial charge is 0.342 e. The topological polar surface area (TPSA) is 119 Å². The number of nitro benzene ring substituents is 1. The van der Waals surface area contributed by atoms with Crippen molar-refractivity contribution in [1.29, 1.82) is 0 Å². The van der Waals surface area contributed by atoms with E-state index in [0.717, 1.165) is 22.2 Å². The summed E-state index contributed by atoms with van der Waals surface area (Å²) in [5, 5.41) is 28.8. The number of carbonyl (C=O) groups is 1. The van der Waals surface area contributed by atoms with Gasteiger partial charge in [0.2, 0.25) is 5.89 Å². The number of hydrogen-bond donors (Lipinski definition) is 1. The van der Waals surface area contributed by atoms with Crippen molar-refractivity contribution in [2.24, 2.45) is 0 Å². The van der Waals surface area contributed by atoms with Crippen molar-refractivity contribution < 1.29 is 19.2 Å². The molecule has 0 aliphatic carbocycles. The van der Waals surface area contributed by atoms with Gasteiger partial charge in [-0.25, -0.2) is 4.79 Å². The maximum Gasteiger partial charge on any atom is 0.342 e. The second kappa shape index (κ2) is 9.59. The first kappa shape index (κ1) is 21.6. The van der Waals surface area contributed by atoms with Crippen LogP contribution in [0.3, 0.4) is 0 Å². The number of nitro groups is 1. The van der Waals surface area contributed by atoms with E-state index in [4.69, 9.17) is 4.42 Å². The average Bonchev–Trinajstić information content (AvgIpc) is 3.17. The van der Waals surface area contributed by atoms with Gasteiger partial charge in [-0.1, -0.05) is 42.4 Å². The molecule has 0 radical (unpaired) electrons. The van der Waals surface area contributed by atoms with Crippen molar-refractivity contribution in [1.82, 2.24) is 10.2 Å². The fraction of sp³-hybridized carbons (Fsp3) is 0.150. The number of thioether (sulfide) groups is 1. The second-order valence-corrected chi connectivity index (χ2v) is 8.24. The van der Waals surface area contributed by atoms with Gasteiger partial charge in [0.15, 0.2) is 0 Å². The van der Waals surface area contributed by atoms with Crippen LogP contribution in [0.25, 0.3) is 6.08 Å². The number of rotatable bonds is 8. The molecule has 0 fully saturated rings. The summed E-state index contributed by atoms with van der Waals surface area (Å²) in [4.78, 5) is 24.0. The first-order chi connectivity index (χ1) is 14.4. The number of hydrogen-bond acceptors (Lipinski definition) is 8. The Hall–Kier alpha value is -3.11. The Labute approximate surface area is 180 Å². The van der Waals surface area contributed by atoms with E-state index in [-0.39, 0.29) is 15.8 Å². The number of carboxylic acid groups (broad SMARTS) is 1. The summed E-state index contributed by atoms with van der Waals surface area (Å²) < 4.78 is 5.33. The number of nitrogens with zero attached hydrogens (tertiary/aromatic N) is 3. The van der Waals surface area contributed by atoms with Crippen molar-refractivity contribution in [3.05, 3.63) is 74.5 Å². The van der Waals surface area contributed by atoms with E-state index in [1.807, 2.05) is 38.1 Å². The van der Waals surface area contributed by atoms with E-state index in [1.54, 1.807) is 12.1 Å². The zero-order valence-corrected chi connectivity index (χ0v) is 17.7. The highest BCUT2D eigenvalue weighted by atomic mass is 32.2. The van der Waals surface area contributed by atoms with Crippen LogP contribution in [0.15, 0.2) is 66.8 Å². The molecule has 0 saturated carbocycles. The van der Waals surface area contributed by atoms with Gasteiger partial charge >= 0.3 is 5.97 Å². The Morgan fingerprint density at radius 3 is 2.57 bits per heavy atom. The Bertz CT molecular complexity index is 1110. The lowest BCUT2D eigenvalue weighted by Crippen LogP contribution is -1.97. The minimum Gasteiger partial charge on any atom is -0.477 e. The largest absolute Gasteiger partial charge is 0.477 e. The molecule has 1 aromatic heterocycles. The lowest BCUT2D eigenvalue weighted by Gasteiger charge is -2.05. The Morgan fingerprint density at radius 1 is 1.23 bits per heavy atom. The normalized spacial score (nSPS) is 11.5. The number of aliphatic carboxylic acids is 1. The summed E-state index contributed by atoms with van der Waals surface area (Å²) in [5.41, 5.74) is 1.38. The van der Waals surface area contributed by atoms with Crippen LogP contribution in [0.2, 0.25) is 0 Å². The van der Waals surface area contributed by atoms with E-state index in [1.165, 1.54) is 23.9 Å². The highest BCUT2D eigenvalue weighted by Gasteiger charge is 2.18. The molecule has 154 valence electrons. The van der Waals surface area contributed by atoms with Crippen LogP contribution < -0.4 is 0 Å². The lowest BCUT2D eigenvalue weighted by molar-refractivity contribution is -0.387. The molecule has 0 atom stereocenters. The third kappa shape index (κ3) is 5.49. The molecule has 0 bridgehead atoms. The fourth-order valence-electron chi connectivity index (χ4n) is 2.39. The number of aromatic nitrogens is 2. The summed E-state index contributed by atoms with van der Waals surface area (Å²) in [6, 6.07) is 12.3. The molecule has 3 aromatic rings. The van der Waals surface area contributed by atoms with Gasteiger partial charge in [-0.15, -0.1) is 10.2 Å². The van der Waals surface area contributed by atoms with E-state index < -0.39 is 10.9 Å². The second-order valence-electron chi connectivity index (χ2n) is 6.13. The van der Waals surface area contributed by atoms with Crippen LogP contribution in [-0.2, 0) is 11.2 Å².